The minimum absolute atomic E-state index is 0.167. The van der Waals surface area contributed by atoms with E-state index in [0.717, 1.165) is 16.8 Å². The van der Waals surface area contributed by atoms with Crippen LogP contribution < -0.4 is 4.90 Å². The van der Waals surface area contributed by atoms with E-state index in [1.165, 1.54) is 0 Å². The Labute approximate surface area is 146 Å². The van der Waals surface area contributed by atoms with Gasteiger partial charge in [0.05, 0.1) is 18.1 Å². The molecule has 1 aromatic rings. The van der Waals surface area contributed by atoms with Crippen LogP contribution in [0.15, 0.2) is 48.6 Å². The first-order valence-electron chi connectivity index (χ1n) is 8.50. The zero-order valence-corrected chi connectivity index (χ0v) is 14.3. The average molecular weight is 339 g/mol. The highest BCUT2D eigenvalue weighted by Gasteiger charge is 2.71. The second-order valence-corrected chi connectivity index (χ2v) is 7.31. The van der Waals surface area contributed by atoms with Gasteiger partial charge < -0.3 is 14.7 Å². The summed E-state index contributed by atoms with van der Waals surface area (Å²) in [6.07, 6.45) is 3.75. The number of amides is 1. The van der Waals surface area contributed by atoms with Gasteiger partial charge >= 0.3 is 5.97 Å². The van der Waals surface area contributed by atoms with Crippen molar-refractivity contribution in [1.29, 1.82) is 0 Å². The van der Waals surface area contributed by atoms with E-state index in [9.17, 15) is 14.7 Å². The quantitative estimate of drug-likeness (QED) is 0.857. The minimum Gasteiger partial charge on any atom is -0.481 e. The molecular formula is C20H21NO4. The van der Waals surface area contributed by atoms with Gasteiger partial charge in [0.1, 0.15) is 11.5 Å². The molecule has 0 aliphatic carbocycles. The van der Waals surface area contributed by atoms with Crippen LogP contribution in [0.5, 0.6) is 0 Å². The molecule has 5 atom stereocenters. The Kier molecular flexibility index (Phi) is 3.41. The van der Waals surface area contributed by atoms with Crippen LogP contribution in [-0.4, -0.2) is 34.7 Å². The van der Waals surface area contributed by atoms with Crippen molar-refractivity contribution in [2.75, 3.05) is 4.90 Å². The number of aryl methyl sites for hydroxylation is 1. The van der Waals surface area contributed by atoms with Gasteiger partial charge in [-0.25, -0.2) is 0 Å². The number of hydrogen-bond acceptors (Lipinski definition) is 3. The molecule has 1 amide bonds. The number of hydrogen-bond donors (Lipinski definition) is 1. The first kappa shape index (κ1) is 16.1. The summed E-state index contributed by atoms with van der Waals surface area (Å²) in [6, 6.07) is 7.39. The molecule has 0 saturated carbocycles. The third kappa shape index (κ3) is 2.05. The molecule has 5 heteroatoms. The van der Waals surface area contributed by atoms with E-state index in [0.29, 0.717) is 6.42 Å². The number of carboxylic acids is 1. The number of para-hydroxylation sites is 1. The molecule has 3 aliphatic heterocycles. The SMILES string of the molecule is C=C(C)C[C@H]1N(c2ccccc2C)C(=O)[C@H]2[C@@H](C(=O)O)[C@H]3C=C[C@]21O3. The molecule has 130 valence electrons. The number of carbonyl (C=O) groups is 2. The molecular weight excluding hydrogens is 318 g/mol. The summed E-state index contributed by atoms with van der Waals surface area (Å²) in [4.78, 5) is 26.9. The van der Waals surface area contributed by atoms with E-state index in [1.54, 1.807) is 11.0 Å². The number of rotatable bonds is 4. The topological polar surface area (TPSA) is 66.8 Å². The van der Waals surface area contributed by atoms with Gasteiger partial charge in [0.25, 0.3) is 0 Å². The van der Waals surface area contributed by atoms with Crippen LogP contribution in [0.1, 0.15) is 18.9 Å². The summed E-state index contributed by atoms with van der Waals surface area (Å²) >= 11 is 0. The molecule has 0 radical (unpaired) electrons. The predicted octanol–water partition coefficient (Wildman–Crippen LogP) is 2.70. The monoisotopic (exact) mass is 339 g/mol. The van der Waals surface area contributed by atoms with E-state index < -0.39 is 29.5 Å². The molecule has 0 unspecified atom stereocenters. The minimum atomic E-state index is -0.977. The molecule has 1 aromatic carbocycles. The second kappa shape index (κ2) is 5.30. The van der Waals surface area contributed by atoms with Crippen LogP contribution in [-0.2, 0) is 14.3 Å². The van der Waals surface area contributed by atoms with Crippen molar-refractivity contribution in [2.45, 2.75) is 38.0 Å². The lowest BCUT2D eigenvalue weighted by Crippen LogP contribution is -2.45. The number of benzene rings is 1. The van der Waals surface area contributed by atoms with Gasteiger partial charge in [0.15, 0.2) is 0 Å². The van der Waals surface area contributed by atoms with Crippen LogP contribution in [0.3, 0.4) is 0 Å². The lowest BCUT2D eigenvalue weighted by atomic mass is 9.74. The van der Waals surface area contributed by atoms with E-state index in [1.807, 2.05) is 44.2 Å². The molecule has 2 saturated heterocycles. The Hall–Kier alpha value is -2.40. The Bertz CT molecular complexity index is 814. The predicted molar refractivity (Wildman–Crippen MR) is 93.2 cm³/mol. The molecule has 1 spiro atoms. The fourth-order valence-electron chi connectivity index (χ4n) is 4.63. The largest absolute Gasteiger partial charge is 0.481 e. The summed E-state index contributed by atoms with van der Waals surface area (Å²) in [5.74, 6) is -2.67. The summed E-state index contributed by atoms with van der Waals surface area (Å²) < 4.78 is 6.14. The Morgan fingerprint density at radius 1 is 1.40 bits per heavy atom. The van der Waals surface area contributed by atoms with E-state index in [-0.39, 0.29) is 11.9 Å². The highest BCUT2D eigenvalue weighted by molar-refractivity contribution is 6.03. The normalized spacial score (nSPS) is 35.3. The van der Waals surface area contributed by atoms with Crippen molar-refractivity contribution in [1.82, 2.24) is 0 Å². The standard InChI is InChI=1S/C20H21NO4/c1-11(2)10-15-20-9-8-14(25-20)16(19(23)24)17(20)18(22)21(15)13-7-5-4-6-12(13)3/h4-9,14-17H,1,10H2,2-3H3,(H,23,24)/t14-,15-,16+,17-,20-/m1/s1. The first-order valence-corrected chi connectivity index (χ1v) is 8.50. The van der Waals surface area contributed by atoms with Gasteiger partial charge in [-0.2, -0.15) is 0 Å². The van der Waals surface area contributed by atoms with Crippen molar-refractivity contribution in [3.8, 4) is 0 Å². The maximum Gasteiger partial charge on any atom is 0.310 e. The Balaban J connectivity index is 1.87. The fourth-order valence-corrected chi connectivity index (χ4v) is 4.63. The zero-order chi connectivity index (χ0) is 17.9. The van der Waals surface area contributed by atoms with Crippen LogP contribution in [0.25, 0.3) is 0 Å². The zero-order valence-electron chi connectivity index (χ0n) is 14.3. The van der Waals surface area contributed by atoms with Crippen molar-refractivity contribution in [3.63, 3.8) is 0 Å². The molecule has 2 bridgehead atoms. The highest BCUT2D eigenvalue weighted by Crippen LogP contribution is 2.57. The van der Waals surface area contributed by atoms with Crippen LogP contribution in [0, 0.1) is 18.8 Å². The van der Waals surface area contributed by atoms with Crippen molar-refractivity contribution < 1.29 is 19.4 Å². The number of anilines is 1. The summed E-state index contributed by atoms with van der Waals surface area (Å²) in [7, 11) is 0. The third-order valence-electron chi connectivity index (χ3n) is 5.62. The molecule has 2 fully saturated rings. The molecule has 5 nitrogen and oxygen atoms in total. The number of carboxylic acid groups (broad SMARTS) is 1. The fraction of sp³-hybridized carbons (Fsp3) is 0.400. The smallest absolute Gasteiger partial charge is 0.310 e. The van der Waals surface area contributed by atoms with Gasteiger partial charge in [0, 0.05) is 5.69 Å². The summed E-state index contributed by atoms with van der Waals surface area (Å²) in [5.41, 5.74) is 1.84. The van der Waals surface area contributed by atoms with Crippen LogP contribution in [0.2, 0.25) is 0 Å². The second-order valence-electron chi connectivity index (χ2n) is 7.31. The Morgan fingerprint density at radius 2 is 2.12 bits per heavy atom. The molecule has 3 heterocycles. The molecule has 25 heavy (non-hydrogen) atoms. The van der Waals surface area contributed by atoms with Crippen molar-refractivity contribution >= 4 is 17.6 Å². The Morgan fingerprint density at radius 3 is 2.76 bits per heavy atom. The number of aliphatic carboxylic acids is 1. The van der Waals surface area contributed by atoms with E-state index in [2.05, 4.69) is 6.58 Å². The van der Waals surface area contributed by atoms with Crippen LogP contribution >= 0.6 is 0 Å². The number of carbonyl (C=O) groups excluding carboxylic acids is 1. The number of ether oxygens (including phenoxy) is 1. The van der Waals surface area contributed by atoms with Gasteiger partial charge in [-0.05, 0) is 31.9 Å². The van der Waals surface area contributed by atoms with Gasteiger partial charge in [-0.1, -0.05) is 35.9 Å². The summed E-state index contributed by atoms with van der Waals surface area (Å²) in [6.45, 7) is 7.88. The third-order valence-corrected chi connectivity index (χ3v) is 5.62. The number of fused-ring (bicyclic) bond motifs is 1. The van der Waals surface area contributed by atoms with Gasteiger partial charge in [-0.15, -0.1) is 6.58 Å². The maximum atomic E-state index is 13.4. The highest BCUT2D eigenvalue weighted by atomic mass is 16.5. The molecule has 0 aromatic heterocycles. The lowest BCUT2D eigenvalue weighted by molar-refractivity contribution is -0.146. The van der Waals surface area contributed by atoms with Crippen molar-refractivity contribution in [3.05, 3.63) is 54.1 Å². The maximum absolute atomic E-state index is 13.4. The molecule has 4 rings (SSSR count). The average Bonchev–Trinajstić information content (AvgIpc) is 3.18. The lowest BCUT2D eigenvalue weighted by Gasteiger charge is -2.34. The number of nitrogens with zero attached hydrogens (tertiary/aromatic N) is 1. The van der Waals surface area contributed by atoms with Gasteiger partial charge in [-0.3, -0.25) is 9.59 Å². The molecule has 3 aliphatic rings. The summed E-state index contributed by atoms with van der Waals surface area (Å²) in [5, 5.41) is 9.67. The van der Waals surface area contributed by atoms with Crippen molar-refractivity contribution in [2.24, 2.45) is 11.8 Å². The van der Waals surface area contributed by atoms with E-state index in [4.69, 9.17) is 4.74 Å². The molecule has 1 N–H and O–H groups in total. The van der Waals surface area contributed by atoms with E-state index >= 15 is 0 Å². The van der Waals surface area contributed by atoms with Gasteiger partial charge in [0.2, 0.25) is 5.91 Å². The van der Waals surface area contributed by atoms with Crippen LogP contribution in [0.4, 0.5) is 5.69 Å². The first-order chi connectivity index (χ1) is 11.9.